The summed E-state index contributed by atoms with van der Waals surface area (Å²) in [6.07, 6.45) is -0.721. The number of hydrogen-bond acceptors (Lipinski definition) is 4. The summed E-state index contributed by atoms with van der Waals surface area (Å²) in [7, 11) is 0. The Morgan fingerprint density at radius 2 is 1.88 bits per heavy atom. The van der Waals surface area contributed by atoms with Crippen LogP contribution in [0.4, 0.5) is 4.79 Å². The third-order valence-corrected chi connectivity index (χ3v) is 3.68. The Kier molecular flexibility index (Phi) is 8.17. The van der Waals surface area contributed by atoms with Crippen molar-refractivity contribution in [1.29, 1.82) is 0 Å². The Morgan fingerprint density at radius 1 is 1.23 bits per heavy atom. The van der Waals surface area contributed by atoms with Crippen LogP contribution in [0.15, 0.2) is 18.2 Å². The van der Waals surface area contributed by atoms with Crippen LogP contribution in [-0.2, 0) is 20.7 Å². The number of benzene rings is 1. The van der Waals surface area contributed by atoms with E-state index in [0.717, 1.165) is 0 Å². The average molecular weight is 405 g/mol. The number of alkyl carbamates (subject to hydrolysis) is 1. The SMILES string of the molecule is CC(C)(C)OC(=O)NCCC(=O)N[C@H](Cc1ccc(Cl)cc1Cl)C(=O)O. The summed E-state index contributed by atoms with van der Waals surface area (Å²) >= 11 is 11.8. The molecule has 2 amide bonds. The predicted octanol–water partition coefficient (Wildman–Crippen LogP) is 3.02. The molecule has 7 nitrogen and oxygen atoms in total. The monoisotopic (exact) mass is 404 g/mol. The molecule has 0 heterocycles. The topological polar surface area (TPSA) is 105 Å². The van der Waals surface area contributed by atoms with Crippen molar-refractivity contribution in [3.05, 3.63) is 33.8 Å². The molecule has 26 heavy (non-hydrogen) atoms. The van der Waals surface area contributed by atoms with Gasteiger partial charge in [0.05, 0.1) is 0 Å². The first-order chi connectivity index (χ1) is 12.0. The number of rotatable bonds is 7. The smallest absolute Gasteiger partial charge is 0.407 e. The fourth-order valence-corrected chi connectivity index (χ4v) is 2.45. The normalized spacial score (nSPS) is 12.2. The van der Waals surface area contributed by atoms with E-state index in [9.17, 15) is 19.5 Å². The van der Waals surface area contributed by atoms with Crippen molar-refractivity contribution in [1.82, 2.24) is 10.6 Å². The highest BCUT2D eigenvalue weighted by Crippen LogP contribution is 2.22. The molecule has 9 heteroatoms. The molecule has 0 saturated heterocycles. The van der Waals surface area contributed by atoms with Crippen molar-refractivity contribution in [3.8, 4) is 0 Å². The van der Waals surface area contributed by atoms with E-state index < -0.39 is 29.6 Å². The second kappa shape index (κ2) is 9.64. The zero-order valence-electron chi connectivity index (χ0n) is 14.8. The Morgan fingerprint density at radius 3 is 2.42 bits per heavy atom. The minimum Gasteiger partial charge on any atom is -0.480 e. The maximum Gasteiger partial charge on any atom is 0.407 e. The molecule has 0 aromatic heterocycles. The maximum atomic E-state index is 11.9. The zero-order chi connectivity index (χ0) is 19.9. The van der Waals surface area contributed by atoms with Crippen LogP contribution in [-0.4, -0.2) is 41.3 Å². The predicted molar refractivity (Wildman–Crippen MR) is 98.6 cm³/mol. The minimum absolute atomic E-state index is 0.0105. The van der Waals surface area contributed by atoms with Crippen LogP contribution in [0.25, 0.3) is 0 Å². The molecule has 0 saturated carbocycles. The first-order valence-electron chi connectivity index (χ1n) is 7.91. The number of carboxylic acid groups (broad SMARTS) is 1. The summed E-state index contributed by atoms with van der Waals surface area (Å²) in [5, 5.41) is 14.9. The summed E-state index contributed by atoms with van der Waals surface area (Å²) in [6, 6.07) is 3.55. The standard InChI is InChI=1S/C17H22Cl2N2O5/c1-17(2,3)26-16(25)20-7-6-14(22)21-13(15(23)24)8-10-4-5-11(18)9-12(10)19/h4-5,9,13H,6-8H2,1-3H3,(H,20,25)(H,21,22)(H,23,24)/t13-/m1/s1. The first-order valence-corrected chi connectivity index (χ1v) is 8.66. The largest absolute Gasteiger partial charge is 0.480 e. The quantitative estimate of drug-likeness (QED) is 0.647. The number of hydrogen-bond donors (Lipinski definition) is 3. The van der Waals surface area contributed by atoms with E-state index in [1.807, 2.05) is 0 Å². The lowest BCUT2D eigenvalue weighted by Crippen LogP contribution is -2.43. The van der Waals surface area contributed by atoms with Crippen molar-refractivity contribution < 1.29 is 24.2 Å². The second-order valence-corrected chi connectivity index (χ2v) is 7.42. The number of nitrogens with one attached hydrogen (secondary N) is 2. The molecule has 0 bridgehead atoms. The van der Waals surface area contributed by atoms with E-state index in [1.54, 1.807) is 32.9 Å². The highest BCUT2D eigenvalue weighted by Gasteiger charge is 2.22. The van der Waals surface area contributed by atoms with Crippen LogP contribution < -0.4 is 10.6 Å². The summed E-state index contributed by atoms with van der Waals surface area (Å²) in [6.45, 7) is 5.19. The fourth-order valence-electron chi connectivity index (χ4n) is 1.97. The van der Waals surface area contributed by atoms with Crippen LogP contribution >= 0.6 is 23.2 Å². The van der Waals surface area contributed by atoms with Gasteiger partial charge in [-0.25, -0.2) is 9.59 Å². The Balaban J connectivity index is 2.53. The Labute approximate surface area is 162 Å². The van der Waals surface area contributed by atoms with Gasteiger partial charge in [-0.2, -0.15) is 0 Å². The highest BCUT2D eigenvalue weighted by atomic mass is 35.5. The van der Waals surface area contributed by atoms with E-state index in [2.05, 4.69) is 10.6 Å². The number of ether oxygens (including phenoxy) is 1. The minimum atomic E-state index is -1.19. The summed E-state index contributed by atoms with van der Waals surface area (Å²) < 4.78 is 5.04. The molecule has 0 unspecified atom stereocenters. The van der Waals surface area contributed by atoms with Crippen LogP contribution in [0.2, 0.25) is 10.0 Å². The van der Waals surface area contributed by atoms with E-state index >= 15 is 0 Å². The van der Waals surface area contributed by atoms with E-state index in [0.29, 0.717) is 15.6 Å². The van der Waals surface area contributed by atoms with Gasteiger partial charge in [0.1, 0.15) is 11.6 Å². The van der Waals surface area contributed by atoms with Crippen LogP contribution in [0.5, 0.6) is 0 Å². The number of amides is 2. The molecule has 0 spiro atoms. The maximum absolute atomic E-state index is 11.9. The fraction of sp³-hybridized carbons (Fsp3) is 0.471. The molecule has 0 aliphatic heterocycles. The van der Waals surface area contributed by atoms with Gasteiger partial charge < -0.3 is 20.5 Å². The lowest BCUT2D eigenvalue weighted by Gasteiger charge is -2.19. The molecule has 0 fully saturated rings. The number of halogens is 2. The molecule has 1 aromatic carbocycles. The molecule has 0 aliphatic carbocycles. The summed E-state index contributed by atoms with van der Waals surface area (Å²) in [5.41, 5.74) is -0.0888. The average Bonchev–Trinajstić information content (AvgIpc) is 2.47. The highest BCUT2D eigenvalue weighted by molar-refractivity contribution is 6.35. The van der Waals surface area contributed by atoms with Gasteiger partial charge >= 0.3 is 12.1 Å². The van der Waals surface area contributed by atoms with E-state index in [-0.39, 0.29) is 19.4 Å². The molecule has 3 N–H and O–H groups in total. The summed E-state index contributed by atoms with van der Waals surface area (Å²) in [5.74, 6) is -1.71. The van der Waals surface area contributed by atoms with E-state index in [1.165, 1.54) is 6.07 Å². The van der Waals surface area contributed by atoms with Crippen molar-refractivity contribution in [2.75, 3.05) is 6.54 Å². The lowest BCUT2D eigenvalue weighted by atomic mass is 10.1. The molecule has 0 radical (unpaired) electrons. The molecule has 1 aromatic rings. The number of carbonyl (C=O) groups is 3. The van der Waals surface area contributed by atoms with Gasteiger partial charge in [-0.1, -0.05) is 29.3 Å². The van der Waals surface area contributed by atoms with Gasteiger partial charge in [0.15, 0.2) is 0 Å². The van der Waals surface area contributed by atoms with Gasteiger partial charge in [0.2, 0.25) is 5.91 Å². The van der Waals surface area contributed by atoms with Gasteiger partial charge in [-0.05, 0) is 38.5 Å². The van der Waals surface area contributed by atoms with Crippen molar-refractivity contribution in [2.24, 2.45) is 0 Å². The number of carboxylic acids is 1. The van der Waals surface area contributed by atoms with Crippen LogP contribution in [0.1, 0.15) is 32.8 Å². The molecular formula is C17H22Cl2N2O5. The number of aliphatic carboxylic acids is 1. The van der Waals surface area contributed by atoms with Crippen molar-refractivity contribution in [3.63, 3.8) is 0 Å². The molecular weight excluding hydrogens is 383 g/mol. The molecule has 1 atom stereocenters. The number of carbonyl (C=O) groups excluding carboxylic acids is 2. The van der Waals surface area contributed by atoms with Crippen molar-refractivity contribution >= 4 is 41.2 Å². The first kappa shape index (κ1) is 22.1. The zero-order valence-corrected chi connectivity index (χ0v) is 16.3. The molecule has 144 valence electrons. The van der Waals surface area contributed by atoms with Gasteiger partial charge in [0, 0.05) is 29.4 Å². The third kappa shape index (κ3) is 8.40. The van der Waals surface area contributed by atoms with Gasteiger partial charge in [-0.15, -0.1) is 0 Å². The molecule has 0 aliphatic rings. The van der Waals surface area contributed by atoms with Crippen LogP contribution in [0.3, 0.4) is 0 Å². The van der Waals surface area contributed by atoms with Crippen molar-refractivity contribution in [2.45, 2.75) is 45.3 Å². The Hall–Kier alpha value is -1.99. The van der Waals surface area contributed by atoms with Gasteiger partial charge in [-0.3, -0.25) is 4.79 Å². The third-order valence-electron chi connectivity index (χ3n) is 3.09. The van der Waals surface area contributed by atoms with Gasteiger partial charge in [0.25, 0.3) is 0 Å². The summed E-state index contributed by atoms with van der Waals surface area (Å²) in [4.78, 5) is 34.8. The van der Waals surface area contributed by atoms with Crippen LogP contribution in [0, 0.1) is 0 Å². The molecule has 1 rings (SSSR count). The Bertz CT molecular complexity index is 674. The van der Waals surface area contributed by atoms with E-state index in [4.69, 9.17) is 27.9 Å². The second-order valence-electron chi connectivity index (χ2n) is 6.58. The lowest BCUT2D eigenvalue weighted by molar-refractivity contribution is -0.141.